The van der Waals surface area contributed by atoms with Crippen molar-refractivity contribution < 1.29 is 10.2 Å². The maximum absolute atomic E-state index is 10.1. The molecule has 2 aromatic rings. The maximum atomic E-state index is 10.1. The Kier molecular flexibility index (Phi) is 5.13. The van der Waals surface area contributed by atoms with Gasteiger partial charge < -0.3 is 10.2 Å². The number of hydrogen-bond acceptors (Lipinski definition) is 2. The Labute approximate surface area is 145 Å². The van der Waals surface area contributed by atoms with Crippen LogP contribution in [-0.2, 0) is 12.8 Å². The lowest BCUT2D eigenvalue weighted by Crippen LogP contribution is -2.14. The summed E-state index contributed by atoms with van der Waals surface area (Å²) in [5.74, 6) is 2.01. The van der Waals surface area contributed by atoms with Crippen molar-refractivity contribution in [1.82, 2.24) is 0 Å². The Balaban J connectivity index is 1.75. The molecule has 0 aromatic heterocycles. The van der Waals surface area contributed by atoms with Crippen LogP contribution in [0.5, 0.6) is 11.5 Å². The van der Waals surface area contributed by atoms with Crippen molar-refractivity contribution in [3.8, 4) is 11.5 Å². The van der Waals surface area contributed by atoms with E-state index in [1.807, 2.05) is 6.07 Å². The molecule has 2 nitrogen and oxygen atoms in total. The third-order valence-electron chi connectivity index (χ3n) is 5.63. The second-order valence-corrected chi connectivity index (χ2v) is 7.03. The molecular formula is C22H28O2. The molecule has 0 amide bonds. The van der Waals surface area contributed by atoms with Crippen LogP contribution in [0.4, 0.5) is 0 Å². The topological polar surface area (TPSA) is 40.5 Å². The van der Waals surface area contributed by atoms with Gasteiger partial charge in [0.1, 0.15) is 11.5 Å². The average molecular weight is 324 g/mol. The Morgan fingerprint density at radius 3 is 1.96 bits per heavy atom. The van der Waals surface area contributed by atoms with Gasteiger partial charge in [-0.3, -0.25) is 0 Å². The second kappa shape index (κ2) is 7.29. The third kappa shape index (κ3) is 3.43. The largest absolute Gasteiger partial charge is 0.508 e. The summed E-state index contributed by atoms with van der Waals surface area (Å²) in [5, 5.41) is 19.6. The molecule has 0 radical (unpaired) electrons. The van der Waals surface area contributed by atoms with E-state index in [0.29, 0.717) is 23.3 Å². The van der Waals surface area contributed by atoms with Gasteiger partial charge in [0.2, 0.25) is 0 Å². The first-order valence-electron chi connectivity index (χ1n) is 9.25. The van der Waals surface area contributed by atoms with Crippen LogP contribution in [0.15, 0.2) is 36.4 Å². The molecular weight excluding hydrogens is 296 g/mol. The summed E-state index contributed by atoms with van der Waals surface area (Å²) in [5.41, 5.74) is 5.18. The Morgan fingerprint density at radius 1 is 0.792 bits per heavy atom. The quantitative estimate of drug-likeness (QED) is 0.761. The minimum atomic E-state index is 0.344. The molecule has 2 aromatic carbocycles. The van der Waals surface area contributed by atoms with Crippen LogP contribution < -0.4 is 0 Å². The minimum absolute atomic E-state index is 0.344. The lowest BCUT2D eigenvalue weighted by molar-refractivity contribution is 0.393. The van der Waals surface area contributed by atoms with Crippen LogP contribution in [0, 0.1) is 0 Å². The monoisotopic (exact) mass is 324 g/mol. The fraction of sp³-hybridized carbons (Fsp3) is 0.455. The van der Waals surface area contributed by atoms with E-state index in [-0.39, 0.29) is 0 Å². The molecule has 0 atom stereocenters. The highest BCUT2D eigenvalue weighted by Crippen LogP contribution is 2.42. The smallest absolute Gasteiger partial charge is 0.119 e. The molecule has 0 spiro atoms. The predicted octanol–water partition coefficient (Wildman–Crippen LogP) is 5.66. The van der Waals surface area contributed by atoms with Crippen LogP contribution in [0.1, 0.15) is 73.6 Å². The maximum Gasteiger partial charge on any atom is 0.119 e. The zero-order valence-corrected chi connectivity index (χ0v) is 14.8. The molecule has 0 unspecified atom stereocenters. The van der Waals surface area contributed by atoms with E-state index >= 15 is 0 Å². The van der Waals surface area contributed by atoms with E-state index < -0.39 is 0 Å². The number of aryl methyl sites for hydroxylation is 2. The summed E-state index contributed by atoms with van der Waals surface area (Å²) in [4.78, 5) is 0. The van der Waals surface area contributed by atoms with Crippen molar-refractivity contribution in [2.24, 2.45) is 0 Å². The van der Waals surface area contributed by atoms with Crippen molar-refractivity contribution in [1.29, 1.82) is 0 Å². The molecule has 1 aliphatic carbocycles. The van der Waals surface area contributed by atoms with Gasteiger partial charge in [-0.1, -0.05) is 32.0 Å². The number of phenols is 2. The van der Waals surface area contributed by atoms with Crippen molar-refractivity contribution in [2.45, 2.75) is 64.2 Å². The molecule has 0 saturated heterocycles. The first-order chi connectivity index (χ1) is 11.6. The zero-order chi connectivity index (χ0) is 17.1. The van der Waals surface area contributed by atoms with Crippen LogP contribution in [0.3, 0.4) is 0 Å². The van der Waals surface area contributed by atoms with Gasteiger partial charge in [0, 0.05) is 0 Å². The number of rotatable bonds is 4. The van der Waals surface area contributed by atoms with Crippen LogP contribution in [0.2, 0.25) is 0 Å². The zero-order valence-electron chi connectivity index (χ0n) is 14.8. The van der Waals surface area contributed by atoms with Gasteiger partial charge >= 0.3 is 0 Å². The Hall–Kier alpha value is -1.96. The highest BCUT2D eigenvalue weighted by molar-refractivity contribution is 5.44. The van der Waals surface area contributed by atoms with E-state index in [2.05, 4.69) is 32.0 Å². The number of aromatic hydroxyl groups is 2. The summed E-state index contributed by atoms with van der Waals surface area (Å²) in [6.07, 6.45) is 6.65. The molecule has 1 fully saturated rings. The van der Waals surface area contributed by atoms with Crippen molar-refractivity contribution in [2.75, 3.05) is 0 Å². The van der Waals surface area contributed by atoms with Gasteiger partial charge in [-0.05, 0) is 90.8 Å². The van der Waals surface area contributed by atoms with Crippen LogP contribution in [-0.4, -0.2) is 10.2 Å². The lowest BCUT2D eigenvalue weighted by atomic mass is 9.74. The van der Waals surface area contributed by atoms with Gasteiger partial charge in [0.15, 0.2) is 0 Å². The molecule has 0 bridgehead atoms. The highest BCUT2D eigenvalue weighted by atomic mass is 16.3. The van der Waals surface area contributed by atoms with Gasteiger partial charge in [0.25, 0.3) is 0 Å². The number of phenolic OH excluding ortho intramolecular Hbond substituents is 2. The molecule has 2 N–H and O–H groups in total. The van der Waals surface area contributed by atoms with E-state index in [0.717, 1.165) is 18.4 Å². The van der Waals surface area contributed by atoms with Gasteiger partial charge in [0.05, 0.1) is 0 Å². The summed E-state index contributed by atoms with van der Waals surface area (Å²) in [7, 11) is 0. The molecule has 2 heteroatoms. The molecule has 3 rings (SSSR count). The van der Waals surface area contributed by atoms with Crippen molar-refractivity contribution in [3.05, 3.63) is 58.7 Å². The highest BCUT2D eigenvalue weighted by Gasteiger charge is 2.25. The summed E-state index contributed by atoms with van der Waals surface area (Å²) in [6, 6.07) is 12.0. The van der Waals surface area contributed by atoms with Crippen LogP contribution in [0.25, 0.3) is 0 Å². The first kappa shape index (κ1) is 16.9. The average Bonchev–Trinajstić information content (AvgIpc) is 2.62. The molecule has 1 aliphatic rings. The molecule has 128 valence electrons. The van der Waals surface area contributed by atoms with Gasteiger partial charge in [-0.15, -0.1) is 0 Å². The molecule has 24 heavy (non-hydrogen) atoms. The van der Waals surface area contributed by atoms with E-state index in [1.54, 1.807) is 12.1 Å². The van der Waals surface area contributed by atoms with Crippen molar-refractivity contribution in [3.63, 3.8) is 0 Å². The fourth-order valence-electron chi connectivity index (χ4n) is 4.15. The molecule has 0 aliphatic heterocycles. The SMILES string of the molecule is CCc1cc(C2CCC(c3ccc(O)cc3)CC2)c(CC)cc1O. The molecule has 1 saturated carbocycles. The lowest BCUT2D eigenvalue weighted by Gasteiger charge is -2.30. The number of benzene rings is 2. The van der Waals surface area contributed by atoms with Gasteiger partial charge in [-0.2, -0.15) is 0 Å². The normalized spacial score (nSPS) is 20.9. The summed E-state index contributed by atoms with van der Waals surface area (Å²) < 4.78 is 0. The predicted molar refractivity (Wildman–Crippen MR) is 98.9 cm³/mol. The van der Waals surface area contributed by atoms with E-state index in [9.17, 15) is 10.2 Å². The third-order valence-corrected chi connectivity index (χ3v) is 5.63. The molecule has 0 heterocycles. The summed E-state index contributed by atoms with van der Waals surface area (Å²) in [6.45, 7) is 4.28. The second-order valence-electron chi connectivity index (χ2n) is 7.03. The standard InChI is InChI=1S/C22H28O2/c1-3-15-14-22(24)16(4-2)13-21(15)19-7-5-17(6-8-19)18-9-11-20(23)12-10-18/h9-14,17,19,23-24H,3-8H2,1-2H3. The van der Waals surface area contributed by atoms with Crippen molar-refractivity contribution >= 4 is 0 Å². The Morgan fingerprint density at radius 2 is 1.38 bits per heavy atom. The van der Waals surface area contributed by atoms with E-state index in [4.69, 9.17) is 0 Å². The van der Waals surface area contributed by atoms with Crippen LogP contribution >= 0.6 is 0 Å². The minimum Gasteiger partial charge on any atom is -0.508 e. The number of hydrogen-bond donors (Lipinski definition) is 2. The van der Waals surface area contributed by atoms with E-state index in [1.165, 1.54) is 42.4 Å². The van der Waals surface area contributed by atoms with Gasteiger partial charge in [-0.25, -0.2) is 0 Å². The fourth-order valence-corrected chi connectivity index (χ4v) is 4.15. The summed E-state index contributed by atoms with van der Waals surface area (Å²) >= 11 is 0. The Bertz CT molecular complexity index is 680. The first-order valence-corrected chi connectivity index (χ1v) is 9.25.